The van der Waals surface area contributed by atoms with Gasteiger partial charge in [-0.2, -0.15) is 8.42 Å². The Morgan fingerprint density at radius 2 is 1.00 bits per heavy atom. The van der Waals surface area contributed by atoms with E-state index in [1.807, 2.05) is 0 Å². The summed E-state index contributed by atoms with van der Waals surface area (Å²) in [6.45, 7) is 0. The summed E-state index contributed by atoms with van der Waals surface area (Å²) in [6, 6.07) is 0. The molecule has 0 aromatic heterocycles. The molecule has 0 aliphatic carbocycles. The zero-order valence-electron chi connectivity index (χ0n) is 10.1. The minimum Gasteiger partial charge on any atom is -0.780 e. The van der Waals surface area contributed by atoms with Crippen molar-refractivity contribution in [3.8, 4) is 0 Å². The fraction of sp³-hybridized carbons (Fsp3) is 0. The van der Waals surface area contributed by atoms with Crippen LogP contribution in [0.15, 0.2) is 0 Å². The van der Waals surface area contributed by atoms with Gasteiger partial charge < -0.3 is 23.2 Å². The molecule has 19 heteroatoms. The maximum atomic E-state index is 9.68. The van der Waals surface area contributed by atoms with Crippen molar-refractivity contribution >= 4 is 41.0 Å². The second kappa shape index (κ2) is 19.3. The number of hydrogen-bond donors (Lipinski definition) is 0. The van der Waals surface area contributed by atoms with E-state index in [4.69, 9.17) is 18.6 Å². The minimum atomic E-state index is -5.46. The van der Waals surface area contributed by atoms with Gasteiger partial charge in [0, 0.05) is 0 Å². The quantitative estimate of drug-likeness (QED) is 0.127. The molecule has 0 aliphatic heterocycles. The van der Waals surface area contributed by atoms with Crippen LogP contribution in [0.5, 0.6) is 0 Å². The van der Waals surface area contributed by atoms with Crippen LogP contribution in [0.25, 0.3) is 0 Å². The van der Waals surface area contributed by atoms with E-state index in [0.717, 1.165) is 0 Å². The van der Waals surface area contributed by atoms with Crippen LogP contribution in [0.1, 0.15) is 0 Å². The molecular formula is K4O11S4. The summed E-state index contributed by atoms with van der Waals surface area (Å²) in [4.78, 5) is 0. The summed E-state index contributed by atoms with van der Waals surface area (Å²) in [6.07, 6.45) is 0. The third kappa shape index (κ3) is 51.6. The van der Waals surface area contributed by atoms with Crippen LogP contribution >= 0.6 is 0 Å². The number of hydrogen-bond acceptors (Lipinski definition) is 12. The van der Waals surface area contributed by atoms with E-state index in [-0.39, 0.29) is 206 Å². The first-order valence-corrected chi connectivity index (χ1v) is 7.17. The van der Waals surface area contributed by atoms with Gasteiger partial charge in [0.25, 0.3) is 0 Å². The van der Waals surface area contributed by atoms with Gasteiger partial charge in [0.15, 0.2) is 0 Å². The van der Waals surface area contributed by atoms with Gasteiger partial charge in [0.05, 0.1) is 0 Å². The van der Waals surface area contributed by atoms with Gasteiger partial charge in [0.2, 0.25) is 10.4 Å². The van der Waals surface area contributed by atoms with E-state index in [2.05, 4.69) is 19.2 Å². The van der Waals surface area contributed by atoms with E-state index >= 15 is 0 Å². The Balaban J connectivity index is -0.0000000418. The zero-order chi connectivity index (χ0) is 12.9. The first kappa shape index (κ1) is 40.3. The van der Waals surface area contributed by atoms with Crippen molar-refractivity contribution in [3.05, 3.63) is 0 Å². The Hall–Kier alpha value is 6.58. The molecule has 0 N–H and O–H groups in total. The SMILES string of the molecule is O=S(=O)([O-])OS(=O)(=O)O[O-].O=S([O-])([O-])=S.[K+].[K+].[K+].[K+]. The van der Waals surface area contributed by atoms with Gasteiger partial charge in [-0.15, -0.1) is 12.7 Å². The molecule has 0 unspecified atom stereocenters. The molecule has 0 radical (unpaired) electrons. The Bertz CT molecular complexity index is 463. The molecule has 0 saturated carbocycles. The van der Waals surface area contributed by atoms with Crippen LogP contribution in [0.3, 0.4) is 0 Å². The fourth-order valence-electron chi connectivity index (χ4n) is 0.113. The van der Waals surface area contributed by atoms with Crippen molar-refractivity contribution in [1.82, 2.24) is 0 Å². The maximum Gasteiger partial charge on any atom is 1.00 e. The third-order valence-corrected chi connectivity index (χ3v) is 1.75. The Morgan fingerprint density at radius 3 is 1.05 bits per heavy atom. The number of rotatable bonds is 3. The zero-order valence-corrected chi connectivity index (χ0v) is 25.9. The van der Waals surface area contributed by atoms with Gasteiger partial charge in [-0.3, -0.25) is 4.21 Å². The van der Waals surface area contributed by atoms with E-state index in [1.54, 1.807) is 0 Å². The van der Waals surface area contributed by atoms with Gasteiger partial charge in [-0.25, -0.2) is 8.42 Å². The van der Waals surface area contributed by atoms with Crippen molar-refractivity contribution in [1.29, 1.82) is 0 Å². The molecule has 0 spiro atoms. The molecule has 0 aromatic rings. The van der Waals surface area contributed by atoms with Gasteiger partial charge in [-0.1, -0.05) is 0 Å². The summed E-state index contributed by atoms with van der Waals surface area (Å²) < 4.78 is 79.2. The largest absolute Gasteiger partial charge is 1.00 e. The topological polar surface area (TPSA) is 196 Å². The van der Waals surface area contributed by atoms with Crippen LogP contribution in [-0.2, 0) is 49.0 Å². The molecule has 0 rings (SSSR count). The second-order valence-electron chi connectivity index (χ2n) is 1.36. The first-order chi connectivity index (χ1) is 6.27. The molecule has 0 fully saturated rings. The monoisotopic (exact) mass is 460 g/mol. The summed E-state index contributed by atoms with van der Waals surface area (Å²) in [5.41, 5.74) is 0. The second-order valence-corrected chi connectivity index (χ2v) is 5.72. The van der Waals surface area contributed by atoms with Crippen molar-refractivity contribution < 1.29 is 253 Å². The van der Waals surface area contributed by atoms with E-state index in [9.17, 15) is 21.4 Å². The van der Waals surface area contributed by atoms with E-state index in [0.29, 0.717) is 0 Å². The van der Waals surface area contributed by atoms with Crippen LogP contribution in [0.2, 0.25) is 0 Å². The van der Waals surface area contributed by atoms with Gasteiger partial charge >= 0.3 is 216 Å². The van der Waals surface area contributed by atoms with Gasteiger partial charge in [-0.05, 0) is 11.2 Å². The summed E-state index contributed by atoms with van der Waals surface area (Å²) in [5.74, 6) is 0. The minimum absolute atomic E-state index is 0. The summed E-state index contributed by atoms with van der Waals surface area (Å²) in [5, 5.41) is 9.01. The molecule has 11 nitrogen and oxygen atoms in total. The Morgan fingerprint density at radius 1 is 0.789 bits per heavy atom. The van der Waals surface area contributed by atoms with Crippen LogP contribution in [-0.4, -0.2) is 34.7 Å². The molecule has 94 valence electrons. The molecule has 0 aliphatic rings. The van der Waals surface area contributed by atoms with Crippen molar-refractivity contribution in [2.75, 3.05) is 0 Å². The predicted molar refractivity (Wildman–Crippen MR) is 37.8 cm³/mol. The molecule has 0 saturated heterocycles. The average molecular weight is 461 g/mol. The molecule has 19 heavy (non-hydrogen) atoms. The Kier molecular flexibility index (Phi) is 41.0. The normalized spacial score (nSPS) is 10.1. The Labute approximate surface area is 285 Å². The van der Waals surface area contributed by atoms with Crippen LogP contribution < -0.4 is 211 Å². The van der Waals surface area contributed by atoms with Crippen molar-refractivity contribution in [3.63, 3.8) is 0 Å². The smallest absolute Gasteiger partial charge is 0.780 e. The van der Waals surface area contributed by atoms with E-state index in [1.165, 1.54) is 0 Å². The van der Waals surface area contributed by atoms with Crippen LogP contribution in [0, 0.1) is 0 Å². The molecule has 0 bridgehead atoms. The summed E-state index contributed by atoms with van der Waals surface area (Å²) in [7, 11) is -15.0. The maximum absolute atomic E-state index is 9.68. The fourth-order valence-corrected chi connectivity index (χ4v) is 1.02. The van der Waals surface area contributed by atoms with Crippen molar-refractivity contribution in [2.24, 2.45) is 0 Å². The molecule has 0 heterocycles. The standard InChI is InChI=1S/4K.H2O8S2.H2O3S2/c;;;;1-7-10(5,6)8-9(2,3)4;1-5(2,3)4/h;;;;1H,(H,2,3,4);(H2,1,2,3,4)/q4*+1;;/p-4. The molecular weight excluding hydrogens is 461 g/mol. The predicted octanol–water partition coefficient (Wildman–Crippen LogP) is -16.0. The molecule has 0 amide bonds. The van der Waals surface area contributed by atoms with Gasteiger partial charge in [0.1, 0.15) is 0 Å². The third-order valence-electron chi connectivity index (χ3n) is 0.250. The molecule has 0 aromatic carbocycles. The van der Waals surface area contributed by atoms with E-state index < -0.39 is 29.9 Å². The molecule has 0 atom stereocenters. The first-order valence-electron chi connectivity index (χ1n) is 2.17. The van der Waals surface area contributed by atoms with Crippen LogP contribution in [0.4, 0.5) is 0 Å². The summed E-state index contributed by atoms with van der Waals surface area (Å²) >= 11 is 3.24. The average Bonchev–Trinajstić information content (AvgIpc) is 1.77. The van der Waals surface area contributed by atoms with Crippen molar-refractivity contribution in [2.45, 2.75) is 0 Å².